The second-order valence-corrected chi connectivity index (χ2v) is 11.3. The van der Waals surface area contributed by atoms with Crippen molar-refractivity contribution in [3.8, 4) is 5.75 Å². The van der Waals surface area contributed by atoms with Crippen LogP contribution >= 0.6 is 0 Å². The zero-order valence-electron chi connectivity index (χ0n) is 24.6. The van der Waals surface area contributed by atoms with Crippen LogP contribution in [-0.2, 0) is 24.0 Å². The first-order valence-electron chi connectivity index (χ1n) is 14.9. The Hall–Kier alpha value is -4.56. The van der Waals surface area contributed by atoms with Crippen molar-refractivity contribution >= 4 is 35.1 Å². The molecule has 2 aromatic rings. The Labute approximate surface area is 260 Å². The molecule has 0 unspecified atom stereocenters. The molecule has 1 saturated carbocycles. The van der Waals surface area contributed by atoms with Gasteiger partial charge in [0, 0.05) is 18.5 Å². The molecule has 2 aliphatic rings. The molecule has 0 radical (unpaired) electrons. The summed E-state index contributed by atoms with van der Waals surface area (Å²) < 4.78 is 74.4. The number of anilines is 1. The Morgan fingerprint density at radius 1 is 0.826 bits per heavy atom. The van der Waals surface area contributed by atoms with Crippen molar-refractivity contribution < 1.29 is 50.7 Å². The normalized spacial score (nSPS) is 17.8. The third kappa shape index (κ3) is 8.79. The number of ketones is 1. The van der Waals surface area contributed by atoms with Gasteiger partial charge in [0.1, 0.15) is 18.5 Å². The molecule has 4 N–H and O–H groups in total. The number of carbonyl (C=O) groups excluding carboxylic acids is 5. The molecule has 2 aromatic carbocycles. The molecule has 0 spiro atoms. The lowest BCUT2D eigenvalue weighted by Crippen LogP contribution is -2.55. The lowest BCUT2D eigenvalue weighted by Gasteiger charge is -2.28. The Balaban J connectivity index is 1.51. The Bertz CT molecular complexity index is 1460. The smallest absolute Gasteiger partial charge is 0.313 e. The third-order valence-electron chi connectivity index (χ3n) is 8.06. The second-order valence-electron chi connectivity index (χ2n) is 11.3. The molecule has 1 aliphatic carbocycles. The van der Waals surface area contributed by atoms with Crippen LogP contribution in [0.1, 0.15) is 51.4 Å². The van der Waals surface area contributed by atoms with Crippen molar-refractivity contribution in [2.75, 3.05) is 18.5 Å². The van der Waals surface area contributed by atoms with Crippen LogP contribution in [0.25, 0.3) is 0 Å². The van der Waals surface area contributed by atoms with Crippen molar-refractivity contribution in [3.05, 3.63) is 59.4 Å². The highest BCUT2D eigenvalue weighted by Crippen LogP contribution is 2.29. The predicted molar refractivity (Wildman–Crippen MR) is 153 cm³/mol. The fourth-order valence-corrected chi connectivity index (χ4v) is 5.57. The van der Waals surface area contributed by atoms with Crippen LogP contribution in [0.15, 0.2) is 30.3 Å². The summed E-state index contributed by atoms with van der Waals surface area (Å²) in [6.07, 6.45) is 4.34. The maximum absolute atomic E-state index is 14.1. The first-order chi connectivity index (χ1) is 21.9. The van der Waals surface area contributed by atoms with Crippen molar-refractivity contribution in [1.29, 1.82) is 0 Å². The minimum atomic E-state index is -1.87. The quantitative estimate of drug-likeness (QED) is 0.157. The van der Waals surface area contributed by atoms with E-state index in [1.165, 1.54) is 18.2 Å². The number of Topliss-reactive ketones (excluding diaryl/α,β-unsaturated/α-hetero) is 1. The average Bonchev–Trinajstić information content (AvgIpc) is 3.44. The molecular formula is C31H33F5N4O6. The number of rotatable bonds is 12. The van der Waals surface area contributed by atoms with Gasteiger partial charge in [0.2, 0.25) is 23.4 Å². The number of hydrogen-bond donors (Lipinski definition) is 4. The van der Waals surface area contributed by atoms with Gasteiger partial charge in [0.25, 0.3) is 0 Å². The summed E-state index contributed by atoms with van der Waals surface area (Å²) in [5.41, 5.74) is -0.262. The topological polar surface area (TPSA) is 143 Å². The SMILES string of the molecule is O=C(Nc1ccccc1F)C(=O)N[C@@H](CC1CCCCC1)C(=O)N[C@@H](C[C@@H]1CCNC1=O)C(=O)COc1c(F)c(F)cc(F)c1F. The summed E-state index contributed by atoms with van der Waals surface area (Å²) in [4.78, 5) is 64.5. The van der Waals surface area contributed by atoms with E-state index in [4.69, 9.17) is 4.74 Å². The van der Waals surface area contributed by atoms with Crippen LogP contribution in [0.5, 0.6) is 5.75 Å². The van der Waals surface area contributed by atoms with E-state index < -0.39 is 88.9 Å². The molecule has 1 aliphatic heterocycles. The molecule has 2 fully saturated rings. The van der Waals surface area contributed by atoms with Gasteiger partial charge in [-0.3, -0.25) is 24.0 Å². The van der Waals surface area contributed by atoms with Gasteiger partial charge in [-0.25, -0.2) is 13.2 Å². The molecule has 1 saturated heterocycles. The highest BCUT2D eigenvalue weighted by molar-refractivity contribution is 6.40. The van der Waals surface area contributed by atoms with Crippen LogP contribution in [-0.4, -0.2) is 54.6 Å². The highest BCUT2D eigenvalue weighted by Gasteiger charge is 2.35. The maximum Gasteiger partial charge on any atom is 0.313 e. The molecule has 46 heavy (non-hydrogen) atoms. The van der Waals surface area contributed by atoms with Crippen molar-refractivity contribution in [2.24, 2.45) is 11.8 Å². The number of ether oxygens (including phenoxy) is 1. The minimum Gasteiger partial charge on any atom is -0.479 e. The standard InChI is InChI=1S/C31H33F5N4O6/c32-18-8-4-5-9-21(18)38-30(44)31(45)40-23(12-16-6-2-1-3-7-16)29(43)39-22(13-17-10-11-37-28(17)42)24(41)15-46-27-25(35)19(33)14-20(34)26(27)36/h4-5,8-9,14,16-17,22-23H,1-3,6-7,10-13,15H2,(H,37,42)(H,38,44)(H,39,43)(H,40,45)/t17-,22-,23-/m0/s1. The highest BCUT2D eigenvalue weighted by atomic mass is 19.2. The molecule has 3 atom stereocenters. The summed E-state index contributed by atoms with van der Waals surface area (Å²) in [6, 6.07) is 2.27. The monoisotopic (exact) mass is 652 g/mol. The zero-order valence-corrected chi connectivity index (χ0v) is 24.6. The van der Waals surface area contributed by atoms with Crippen LogP contribution in [0, 0.1) is 40.9 Å². The summed E-state index contributed by atoms with van der Waals surface area (Å²) in [5, 5.41) is 9.52. The maximum atomic E-state index is 14.1. The van der Waals surface area contributed by atoms with Crippen molar-refractivity contribution in [3.63, 3.8) is 0 Å². The van der Waals surface area contributed by atoms with E-state index in [1.807, 2.05) is 0 Å². The van der Waals surface area contributed by atoms with Gasteiger partial charge in [-0.15, -0.1) is 0 Å². The average molecular weight is 653 g/mol. The lowest BCUT2D eigenvalue weighted by atomic mass is 9.84. The fraction of sp³-hybridized carbons (Fsp3) is 0.452. The van der Waals surface area contributed by atoms with Gasteiger partial charge in [0.15, 0.2) is 23.2 Å². The molecule has 0 aromatic heterocycles. The number of hydrogen-bond acceptors (Lipinski definition) is 6. The molecule has 4 amide bonds. The van der Waals surface area contributed by atoms with E-state index in [2.05, 4.69) is 21.3 Å². The van der Waals surface area contributed by atoms with E-state index >= 15 is 0 Å². The third-order valence-corrected chi connectivity index (χ3v) is 8.06. The summed E-state index contributed by atoms with van der Waals surface area (Å²) >= 11 is 0. The largest absolute Gasteiger partial charge is 0.479 e. The Morgan fingerprint density at radius 3 is 2.13 bits per heavy atom. The van der Waals surface area contributed by atoms with E-state index in [1.54, 1.807) is 0 Å². The summed E-state index contributed by atoms with van der Waals surface area (Å²) in [5.74, 6) is -15.1. The minimum absolute atomic E-state index is 0.0219. The van der Waals surface area contributed by atoms with Crippen LogP contribution in [0.4, 0.5) is 27.6 Å². The number of benzene rings is 2. The Kier molecular flexibility index (Phi) is 11.7. The van der Waals surface area contributed by atoms with E-state index in [0.717, 1.165) is 38.2 Å². The molecule has 4 rings (SSSR count). The van der Waals surface area contributed by atoms with Crippen molar-refractivity contribution in [1.82, 2.24) is 16.0 Å². The molecule has 15 heteroatoms. The van der Waals surface area contributed by atoms with Gasteiger partial charge in [0.05, 0.1) is 11.7 Å². The van der Waals surface area contributed by atoms with Crippen LogP contribution < -0.4 is 26.0 Å². The van der Waals surface area contributed by atoms with Gasteiger partial charge in [-0.2, -0.15) is 8.78 Å². The molecule has 1 heterocycles. The first-order valence-corrected chi connectivity index (χ1v) is 14.9. The van der Waals surface area contributed by atoms with Crippen LogP contribution in [0.3, 0.4) is 0 Å². The predicted octanol–water partition coefficient (Wildman–Crippen LogP) is 3.43. The van der Waals surface area contributed by atoms with Gasteiger partial charge in [-0.1, -0.05) is 44.2 Å². The number of carbonyl (C=O) groups is 5. The van der Waals surface area contributed by atoms with Gasteiger partial charge in [-0.05, 0) is 37.3 Å². The van der Waals surface area contributed by atoms with E-state index in [-0.39, 0.29) is 30.5 Å². The van der Waals surface area contributed by atoms with E-state index in [0.29, 0.717) is 13.0 Å². The summed E-state index contributed by atoms with van der Waals surface area (Å²) in [7, 11) is 0. The van der Waals surface area contributed by atoms with Gasteiger partial charge >= 0.3 is 11.8 Å². The number of para-hydroxylation sites is 1. The molecular weight excluding hydrogens is 619 g/mol. The first kappa shape index (κ1) is 34.3. The number of nitrogens with one attached hydrogen (secondary N) is 4. The second kappa shape index (κ2) is 15.6. The van der Waals surface area contributed by atoms with Gasteiger partial charge < -0.3 is 26.0 Å². The Morgan fingerprint density at radius 2 is 1.50 bits per heavy atom. The zero-order chi connectivity index (χ0) is 33.4. The molecule has 0 bridgehead atoms. The number of halogens is 5. The molecule has 248 valence electrons. The lowest BCUT2D eigenvalue weighted by molar-refractivity contribution is -0.138. The summed E-state index contributed by atoms with van der Waals surface area (Å²) in [6.45, 7) is -0.841. The van der Waals surface area contributed by atoms with Crippen LogP contribution in [0.2, 0.25) is 0 Å². The number of amides is 4. The van der Waals surface area contributed by atoms with E-state index in [9.17, 15) is 45.9 Å². The molecule has 10 nitrogen and oxygen atoms in total. The van der Waals surface area contributed by atoms with Crippen molar-refractivity contribution in [2.45, 2.75) is 63.5 Å². The fourth-order valence-electron chi connectivity index (χ4n) is 5.57.